The third kappa shape index (κ3) is 4.49. The monoisotopic (exact) mass is 486 g/mol. The molecule has 2 aliphatic rings. The van der Waals surface area contributed by atoms with Gasteiger partial charge < -0.3 is 59.1 Å². The van der Waals surface area contributed by atoms with Crippen LogP contribution in [0.3, 0.4) is 0 Å². The van der Waals surface area contributed by atoms with Crippen molar-refractivity contribution in [2.45, 2.75) is 68.3 Å². The van der Waals surface area contributed by atoms with Crippen LogP contribution in [0.2, 0.25) is 0 Å². The zero-order valence-electron chi connectivity index (χ0n) is 17.9. The number of hydrogen-bond acceptors (Lipinski definition) is 13. The third-order valence-corrected chi connectivity index (χ3v) is 5.89. The fourth-order valence-electron chi connectivity index (χ4n) is 3.95. The molecule has 1 aromatic heterocycles. The van der Waals surface area contributed by atoms with Gasteiger partial charge in [0.1, 0.15) is 59.1 Å². The highest BCUT2D eigenvalue weighted by atomic mass is 16.8. The van der Waals surface area contributed by atoms with Crippen molar-refractivity contribution in [3.8, 4) is 11.5 Å². The summed E-state index contributed by atoms with van der Waals surface area (Å²) < 4.78 is 27.5. The summed E-state index contributed by atoms with van der Waals surface area (Å²) in [5.41, 5.74) is -0.496. The molecular formula is C21H26O13. The molecule has 2 aromatic rings. The number of benzene rings is 1. The van der Waals surface area contributed by atoms with Gasteiger partial charge in [-0.25, -0.2) is 0 Å². The van der Waals surface area contributed by atoms with Gasteiger partial charge in [0.15, 0.2) is 17.8 Å². The van der Waals surface area contributed by atoms with Crippen LogP contribution in [0, 0.1) is 0 Å². The Kier molecular flexibility index (Phi) is 7.09. The lowest BCUT2D eigenvalue weighted by Crippen LogP contribution is -2.64. The predicted octanol–water partition coefficient (Wildman–Crippen LogP) is -2.47. The van der Waals surface area contributed by atoms with Crippen molar-refractivity contribution >= 4 is 11.0 Å². The van der Waals surface area contributed by atoms with Crippen molar-refractivity contribution in [2.24, 2.45) is 0 Å². The molecule has 1 aromatic carbocycles. The lowest BCUT2D eigenvalue weighted by Gasteiger charge is -2.45. The molecule has 3 heterocycles. The number of fused-ring (bicyclic) bond motifs is 1. The highest BCUT2D eigenvalue weighted by Crippen LogP contribution is 2.33. The lowest BCUT2D eigenvalue weighted by molar-refractivity contribution is -0.354. The molecule has 0 aliphatic carbocycles. The molecule has 0 spiro atoms. The maximum atomic E-state index is 12.0. The third-order valence-electron chi connectivity index (χ3n) is 5.89. The van der Waals surface area contributed by atoms with E-state index in [0.717, 1.165) is 18.4 Å². The van der Waals surface area contributed by atoms with Gasteiger partial charge in [-0.3, -0.25) is 4.79 Å². The van der Waals surface area contributed by atoms with Crippen molar-refractivity contribution in [1.82, 2.24) is 0 Å². The number of phenolic OH excluding ortho intramolecular Hbond substituents is 1. The van der Waals surface area contributed by atoms with Gasteiger partial charge in [-0.15, -0.1) is 0 Å². The first-order chi connectivity index (χ1) is 16.1. The highest BCUT2D eigenvalue weighted by molar-refractivity contribution is 5.84. The molecule has 2 fully saturated rings. The smallest absolute Gasteiger partial charge is 0.229 e. The zero-order chi connectivity index (χ0) is 24.7. The Bertz CT molecular complexity index is 1060. The maximum Gasteiger partial charge on any atom is 0.229 e. The average molecular weight is 486 g/mol. The number of aromatic hydroxyl groups is 1. The molecule has 2 aliphatic heterocycles. The Balaban J connectivity index is 1.63. The van der Waals surface area contributed by atoms with Crippen LogP contribution >= 0.6 is 0 Å². The van der Waals surface area contributed by atoms with E-state index in [0.29, 0.717) is 0 Å². The van der Waals surface area contributed by atoms with Gasteiger partial charge in [0.2, 0.25) is 6.29 Å². The lowest BCUT2D eigenvalue weighted by atomic mass is 9.97. The minimum absolute atomic E-state index is 0.00737. The van der Waals surface area contributed by atoms with Gasteiger partial charge in [-0.05, 0) is 6.92 Å². The Hall–Kier alpha value is -2.33. The topological polar surface area (TPSA) is 209 Å². The predicted molar refractivity (Wildman–Crippen MR) is 110 cm³/mol. The van der Waals surface area contributed by atoms with Gasteiger partial charge in [0.05, 0.1) is 19.0 Å². The van der Waals surface area contributed by atoms with Crippen LogP contribution in [0.4, 0.5) is 0 Å². The molecule has 13 nitrogen and oxygen atoms in total. The molecule has 0 bridgehead atoms. The number of rotatable bonds is 5. The van der Waals surface area contributed by atoms with E-state index in [9.17, 15) is 40.5 Å². The zero-order valence-corrected chi connectivity index (χ0v) is 17.9. The number of aliphatic hydroxyl groups is 6. The number of hydrogen-bond donors (Lipinski definition) is 7. The molecule has 2 saturated heterocycles. The molecule has 0 saturated carbocycles. The van der Waals surface area contributed by atoms with E-state index in [2.05, 4.69) is 0 Å². The van der Waals surface area contributed by atoms with Crippen LogP contribution < -0.4 is 10.2 Å². The quantitative estimate of drug-likeness (QED) is 0.234. The second-order valence-corrected chi connectivity index (χ2v) is 8.21. The van der Waals surface area contributed by atoms with E-state index in [1.807, 2.05) is 0 Å². The molecule has 0 amide bonds. The summed E-state index contributed by atoms with van der Waals surface area (Å²) in [4.78, 5) is 12.0. The van der Waals surface area contributed by atoms with Gasteiger partial charge in [0.25, 0.3) is 0 Å². The largest absolute Gasteiger partial charge is 0.507 e. The molecule has 4 rings (SSSR count). The summed E-state index contributed by atoms with van der Waals surface area (Å²) in [6, 6.07) is 3.50. The van der Waals surface area contributed by atoms with Gasteiger partial charge in [0, 0.05) is 18.2 Å². The SMILES string of the molecule is C[C@@H]1O[C@@H](O[C@H]2[C@H](Oc3cc(O)c4c(=O)ccoc4c3)O[C@H](CO)[C@@H](O)[C@@H]2O)[C@H](O)[C@H](O)[C@H]1O. The molecule has 10 atom stereocenters. The molecule has 7 N–H and O–H groups in total. The van der Waals surface area contributed by atoms with Crippen LogP contribution in [0.5, 0.6) is 11.5 Å². The second-order valence-electron chi connectivity index (χ2n) is 8.21. The number of ether oxygens (including phenoxy) is 4. The van der Waals surface area contributed by atoms with Crippen LogP contribution in [0.15, 0.2) is 33.7 Å². The van der Waals surface area contributed by atoms with E-state index in [-0.39, 0.29) is 16.7 Å². The number of phenols is 1. The second kappa shape index (κ2) is 9.73. The first-order valence-corrected chi connectivity index (χ1v) is 10.5. The fourth-order valence-corrected chi connectivity index (χ4v) is 3.95. The minimum atomic E-state index is -1.72. The van der Waals surface area contributed by atoms with Gasteiger partial charge >= 0.3 is 0 Å². The van der Waals surface area contributed by atoms with E-state index in [1.54, 1.807) is 0 Å². The molecule has 0 unspecified atom stereocenters. The van der Waals surface area contributed by atoms with E-state index >= 15 is 0 Å². The van der Waals surface area contributed by atoms with E-state index in [1.165, 1.54) is 13.0 Å². The van der Waals surface area contributed by atoms with Gasteiger partial charge in [-0.2, -0.15) is 0 Å². The van der Waals surface area contributed by atoms with Crippen molar-refractivity contribution in [3.63, 3.8) is 0 Å². The Morgan fingerprint density at radius 1 is 0.941 bits per heavy atom. The summed E-state index contributed by atoms with van der Waals surface area (Å²) in [6.07, 6.45) is -13.8. The van der Waals surface area contributed by atoms with Crippen LogP contribution in [0.25, 0.3) is 11.0 Å². The summed E-state index contributed by atoms with van der Waals surface area (Å²) in [5.74, 6) is -0.529. The first-order valence-electron chi connectivity index (χ1n) is 10.5. The summed E-state index contributed by atoms with van der Waals surface area (Å²) in [6.45, 7) is 0.743. The Morgan fingerprint density at radius 2 is 1.68 bits per heavy atom. The molecule has 34 heavy (non-hydrogen) atoms. The molecule has 188 valence electrons. The van der Waals surface area contributed by atoms with Crippen LogP contribution in [-0.2, 0) is 14.2 Å². The maximum absolute atomic E-state index is 12.0. The van der Waals surface area contributed by atoms with E-state index in [4.69, 9.17) is 23.4 Å². The standard InChI is InChI=1S/C21H26O13/c1-7-14(25)16(27)18(29)20(31-7)34-19-17(28)15(26)12(6-22)33-21(19)32-8-4-10(24)13-9(23)2-3-30-11(13)5-8/h2-5,7,12,14-22,24-29H,6H2,1H3/t7-,12+,14-,15+,16+,17-,18+,19+,20-,21+/m0/s1. The first kappa shape index (κ1) is 24.8. The molecule has 13 heteroatoms. The highest BCUT2D eigenvalue weighted by Gasteiger charge is 2.50. The normalized spacial score (nSPS) is 38.7. The summed E-state index contributed by atoms with van der Waals surface area (Å²) in [5, 5.41) is 70.8. The van der Waals surface area contributed by atoms with Crippen LogP contribution in [-0.4, -0.2) is 104 Å². The van der Waals surface area contributed by atoms with Crippen LogP contribution in [0.1, 0.15) is 6.92 Å². The summed E-state index contributed by atoms with van der Waals surface area (Å²) in [7, 11) is 0. The minimum Gasteiger partial charge on any atom is -0.507 e. The fraction of sp³-hybridized carbons (Fsp3) is 0.571. The van der Waals surface area contributed by atoms with Crippen molar-refractivity contribution in [3.05, 3.63) is 34.7 Å². The number of aliphatic hydroxyl groups excluding tert-OH is 6. The van der Waals surface area contributed by atoms with E-state index < -0.39 is 79.2 Å². The Labute approximate surface area is 191 Å². The average Bonchev–Trinajstić information content (AvgIpc) is 2.80. The summed E-state index contributed by atoms with van der Waals surface area (Å²) >= 11 is 0. The van der Waals surface area contributed by atoms with Crippen molar-refractivity contribution in [1.29, 1.82) is 0 Å². The molecular weight excluding hydrogens is 460 g/mol. The van der Waals surface area contributed by atoms with Gasteiger partial charge in [-0.1, -0.05) is 0 Å². The molecule has 0 radical (unpaired) electrons. The Morgan fingerprint density at radius 3 is 2.38 bits per heavy atom. The van der Waals surface area contributed by atoms with Crippen molar-refractivity contribution < 1.29 is 59.1 Å². The van der Waals surface area contributed by atoms with Crippen molar-refractivity contribution in [2.75, 3.05) is 6.61 Å².